The number of aliphatic hydroxyl groups is 1. The zero-order valence-corrected chi connectivity index (χ0v) is 17.8. The van der Waals surface area contributed by atoms with E-state index in [1.807, 2.05) is 6.92 Å². The third-order valence-electron chi connectivity index (χ3n) is 5.54. The Labute approximate surface area is 193 Å². The second kappa shape index (κ2) is 8.62. The van der Waals surface area contributed by atoms with Crippen LogP contribution in [0.3, 0.4) is 0 Å². The largest absolute Gasteiger partial charge is 0.507 e. The molecule has 1 aliphatic heterocycles. The summed E-state index contributed by atoms with van der Waals surface area (Å²) in [5, 5.41) is 31.8. The van der Waals surface area contributed by atoms with Gasteiger partial charge in [-0.05, 0) is 30.7 Å². The summed E-state index contributed by atoms with van der Waals surface area (Å²) in [6, 6.07) is 16.2. The van der Waals surface area contributed by atoms with Gasteiger partial charge in [-0.25, -0.2) is 4.79 Å². The topological polar surface area (TPSA) is 138 Å². The fourth-order valence-corrected chi connectivity index (χ4v) is 3.88. The molecule has 0 radical (unpaired) electrons. The van der Waals surface area contributed by atoms with Gasteiger partial charge in [-0.15, -0.1) is 0 Å². The van der Waals surface area contributed by atoms with Crippen LogP contribution in [0.2, 0.25) is 0 Å². The molecule has 1 heterocycles. The molecule has 3 aromatic rings. The van der Waals surface area contributed by atoms with Gasteiger partial charge in [0, 0.05) is 23.4 Å². The van der Waals surface area contributed by atoms with Gasteiger partial charge in [0.2, 0.25) is 0 Å². The highest BCUT2D eigenvalue weighted by atomic mass is 16.6. The van der Waals surface area contributed by atoms with Crippen molar-refractivity contribution in [2.24, 2.45) is 0 Å². The van der Waals surface area contributed by atoms with Crippen LogP contribution in [-0.2, 0) is 9.59 Å². The highest BCUT2D eigenvalue weighted by Crippen LogP contribution is 2.43. The van der Waals surface area contributed by atoms with Crippen molar-refractivity contribution in [3.05, 3.63) is 111 Å². The molecular formula is C25H18N2O7. The lowest BCUT2D eigenvalue weighted by Crippen LogP contribution is -2.29. The van der Waals surface area contributed by atoms with Crippen molar-refractivity contribution in [2.75, 3.05) is 4.90 Å². The van der Waals surface area contributed by atoms with Crippen molar-refractivity contribution in [3.63, 3.8) is 0 Å². The number of hydrogen-bond acceptors (Lipinski definition) is 6. The van der Waals surface area contributed by atoms with Crippen LogP contribution in [0.1, 0.15) is 33.1 Å². The van der Waals surface area contributed by atoms with Crippen molar-refractivity contribution in [2.45, 2.75) is 13.0 Å². The van der Waals surface area contributed by atoms with Crippen molar-refractivity contribution < 1.29 is 29.5 Å². The molecule has 4 rings (SSSR count). The number of aromatic carboxylic acids is 1. The van der Waals surface area contributed by atoms with Crippen LogP contribution in [0.15, 0.2) is 78.4 Å². The first kappa shape index (κ1) is 22.4. The first-order valence-electron chi connectivity index (χ1n) is 10.1. The monoisotopic (exact) mass is 458 g/mol. The maximum atomic E-state index is 13.1. The number of Topliss-reactive ketones (excluding diaryl/α,β-unsaturated/α-hetero) is 1. The molecule has 1 aliphatic rings. The van der Waals surface area contributed by atoms with E-state index in [1.165, 1.54) is 48.5 Å². The molecule has 2 N–H and O–H groups in total. The first-order chi connectivity index (χ1) is 16.2. The Kier molecular flexibility index (Phi) is 5.68. The van der Waals surface area contributed by atoms with Gasteiger partial charge >= 0.3 is 5.97 Å². The van der Waals surface area contributed by atoms with E-state index >= 15 is 0 Å². The lowest BCUT2D eigenvalue weighted by atomic mass is 9.94. The second-order valence-electron chi connectivity index (χ2n) is 7.74. The number of rotatable bonds is 5. The zero-order chi connectivity index (χ0) is 24.6. The van der Waals surface area contributed by atoms with Crippen LogP contribution in [-0.4, -0.2) is 32.8 Å². The Morgan fingerprint density at radius 3 is 2.26 bits per heavy atom. The van der Waals surface area contributed by atoms with E-state index in [9.17, 15) is 34.7 Å². The molecule has 1 atom stereocenters. The number of carbonyl (C=O) groups excluding carboxylic acids is 2. The molecule has 9 nitrogen and oxygen atoms in total. The third-order valence-corrected chi connectivity index (χ3v) is 5.54. The summed E-state index contributed by atoms with van der Waals surface area (Å²) in [6.07, 6.45) is 0. The minimum atomic E-state index is -1.23. The summed E-state index contributed by atoms with van der Waals surface area (Å²) < 4.78 is 0. The average molecular weight is 458 g/mol. The van der Waals surface area contributed by atoms with Gasteiger partial charge in [0.15, 0.2) is 0 Å². The van der Waals surface area contributed by atoms with Gasteiger partial charge in [-0.3, -0.25) is 24.6 Å². The number of aryl methyl sites for hydroxylation is 1. The van der Waals surface area contributed by atoms with E-state index in [0.29, 0.717) is 5.56 Å². The van der Waals surface area contributed by atoms with Crippen molar-refractivity contribution in [1.29, 1.82) is 0 Å². The number of amides is 1. The predicted octanol–water partition coefficient (Wildman–Crippen LogP) is 4.23. The summed E-state index contributed by atoms with van der Waals surface area (Å²) in [5.41, 5.74) is 0.879. The van der Waals surface area contributed by atoms with E-state index in [2.05, 4.69) is 0 Å². The number of aliphatic hydroxyl groups excluding tert-OH is 1. The molecule has 1 saturated heterocycles. The van der Waals surface area contributed by atoms with E-state index < -0.39 is 34.4 Å². The zero-order valence-electron chi connectivity index (χ0n) is 17.8. The van der Waals surface area contributed by atoms with Gasteiger partial charge in [0.25, 0.3) is 17.4 Å². The smallest absolute Gasteiger partial charge is 0.335 e. The number of carboxylic acid groups (broad SMARTS) is 1. The molecule has 0 saturated carbocycles. The molecule has 1 amide bonds. The number of carbonyl (C=O) groups is 3. The molecule has 0 aliphatic carbocycles. The first-order valence-corrected chi connectivity index (χ1v) is 10.1. The number of anilines is 1. The quantitative estimate of drug-likeness (QED) is 0.192. The minimum Gasteiger partial charge on any atom is -0.507 e. The van der Waals surface area contributed by atoms with Gasteiger partial charge < -0.3 is 10.2 Å². The summed E-state index contributed by atoms with van der Waals surface area (Å²) in [5.74, 6) is -3.65. The molecule has 0 spiro atoms. The number of nitro groups is 1. The van der Waals surface area contributed by atoms with Gasteiger partial charge in [0.05, 0.1) is 22.1 Å². The SMILES string of the molecule is Cc1ccc(/C(O)=C2\C(=O)C(=O)N(c3cccc(C(=O)O)c3)C2c2cccc([N+](=O)[O-])c2)cc1. The molecule has 9 heteroatoms. The van der Waals surface area contributed by atoms with Crippen molar-refractivity contribution in [3.8, 4) is 0 Å². The Bertz CT molecular complexity index is 1380. The fraction of sp³-hybridized carbons (Fsp3) is 0.0800. The Morgan fingerprint density at radius 1 is 0.941 bits per heavy atom. The van der Waals surface area contributed by atoms with Crippen LogP contribution in [0.5, 0.6) is 0 Å². The average Bonchev–Trinajstić information content (AvgIpc) is 3.09. The number of hydrogen-bond donors (Lipinski definition) is 2. The lowest BCUT2D eigenvalue weighted by Gasteiger charge is -2.25. The van der Waals surface area contributed by atoms with E-state index in [1.54, 1.807) is 24.3 Å². The van der Waals surface area contributed by atoms with Gasteiger partial charge in [-0.1, -0.05) is 48.0 Å². The maximum Gasteiger partial charge on any atom is 0.335 e. The third kappa shape index (κ3) is 3.90. The van der Waals surface area contributed by atoms with E-state index in [0.717, 1.165) is 10.5 Å². The number of benzene rings is 3. The molecule has 170 valence electrons. The molecular weight excluding hydrogens is 440 g/mol. The van der Waals surface area contributed by atoms with Crippen LogP contribution >= 0.6 is 0 Å². The van der Waals surface area contributed by atoms with Crippen LogP contribution in [0, 0.1) is 17.0 Å². The number of non-ortho nitro benzene ring substituents is 1. The standard InChI is InChI=1S/C25H18N2O7/c1-14-8-10-15(11-9-14)22(28)20-21(16-4-2-7-19(12-16)27(33)34)26(24(30)23(20)29)18-6-3-5-17(13-18)25(31)32/h2-13,21,28H,1H3,(H,31,32)/b22-20+. The molecule has 0 bridgehead atoms. The molecule has 1 fully saturated rings. The molecule has 3 aromatic carbocycles. The number of nitro benzene ring substituents is 1. The van der Waals surface area contributed by atoms with E-state index in [-0.39, 0.29) is 28.1 Å². The summed E-state index contributed by atoms with van der Waals surface area (Å²) in [6.45, 7) is 1.85. The summed E-state index contributed by atoms with van der Waals surface area (Å²) in [4.78, 5) is 49.6. The Balaban J connectivity index is 1.98. The summed E-state index contributed by atoms with van der Waals surface area (Å²) >= 11 is 0. The normalized spacial score (nSPS) is 17.1. The summed E-state index contributed by atoms with van der Waals surface area (Å²) in [7, 11) is 0. The van der Waals surface area contributed by atoms with Crippen molar-refractivity contribution in [1.82, 2.24) is 0 Å². The molecule has 0 aromatic heterocycles. The van der Waals surface area contributed by atoms with Gasteiger partial charge in [0.1, 0.15) is 5.76 Å². The molecule has 1 unspecified atom stereocenters. The van der Waals surface area contributed by atoms with Crippen LogP contribution in [0.25, 0.3) is 5.76 Å². The predicted molar refractivity (Wildman–Crippen MR) is 122 cm³/mol. The van der Waals surface area contributed by atoms with Gasteiger partial charge in [-0.2, -0.15) is 0 Å². The fourth-order valence-electron chi connectivity index (χ4n) is 3.88. The Hall–Kier alpha value is -4.79. The van der Waals surface area contributed by atoms with Crippen LogP contribution < -0.4 is 4.90 Å². The number of nitrogens with zero attached hydrogens (tertiary/aromatic N) is 2. The highest BCUT2D eigenvalue weighted by molar-refractivity contribution is 6.51. The Morgan fingerprint density at radius 2 is 1.62 bits per heavy atom. The van der Waals surface area contributed by atoms with Crippen molar-refractivity contribution >= 4 is 34.8 Å². The highest BCUT2D eigenvalue weighted by Gasteiger charge is 2.47. The van der Waals surface area contributed by atoms with E-state index in [4.69, 9.17) is 0 Å². The minimum absolute atomic E-state index is 0.0986. The van der Waals surface area contributed by atoms with Crippen LogP contribution in [0.4, 0.5) is 11.4 Å². The second-order valence-corrected chi connectivity index (χ2v) is 7.74. The lowest BCUT2D eigenvalue weighted by molar-refractivity contribution is -0.384. The maximum absolute atomic E-state index is 13.1. The molecule has 34 heavy (non-hydrogen) atoms. The number of carboxylic acids is 1. The number of ketones is 1.